The van der Waals surface area contributed by atoms with Gasteiger partial charge in [-0.3, -0.25) is 4.79 Å². The number of fused-ring (bicyclic) bond motifs is 1. The van der Waals surface area contributed by atoms with E-state index >= 15 is 0 Å². The van der Waals surface area contributed by atoms with Gasteiger partial charge in [-0.25, -0.2) is 0 Å². The number of hydrogen-bond acceptors (Lipinski definition) is 4. The number of anilines is 1. The van der Waals surface area contributed by atoms with Crippen LogP contribution in [0.5, 0.6) is 5.75 Å². The standard InChI is InChI=1S/C11H15N3O4S/c1-14(2)19(16,17)12-6-8-3-4-10-9(5-8)13-11(15)7-18-10/h3-5,12H,6-7H2,1-2H3,(H,13,15). The van der Waals surface area contributed by atoms with Crippen LogP contribution in [-0.4, -0.2) is 39.3 Å². The molecule has 0 saturated heterocycles. The molecule has 2 rings (SSSR count). The van der Waals surface area contributed by atoms with Crippen molar-refractivity contribution >= 4 is 21.8 Å². The molecule has 1 aromatic carbocycles. The third-order valence-electron chi connectivity index (χ3n) is 2.62. The van der Waals surface area contributed by atoms with Crippen molar-refractivity contribution in [1.82, 2.24) is 9.03 Å². The van der Waals surface area contributed by atoms with Gasteiger partial charge in [-0.15, -0.1) is 0 Å². The highest BCUT2D eigenvalue weighted by molar-refractivity contribution is 7.87. The van der Waals surface area contributed by atoms with Gasteiger partial charge in [0.15, 0.2) is 6.61 Å². The van der Waals surface area contributed by atoms with E-state index in [0.717, 1.165) is 9.87 Å². The van der Waals surface area contributed by atoms with E-state index in [1.54, 1.807) is 18.2 Å². The Morgan fingerprint density at radius 3 is 2.84 bits per heavy atom. The van der Waals surface area contributed by atoms with Crippen molar-refractivity contribution < 1.29 is 17.9 Å². The summed E-state index contributed by atoms with van der Waals surface area (Å²) >= 11 is 0. The molecule has 7 nitrogen and oxygen atoms in total. The molecule has 0 aliphatic carbocycles. The minimum Gasteiger partial charge on any atom is -0.482 e. The van der Waals surface area contributed by atoms with Crippen molar-refractivity contribution in [2.24, 2.45) is 0 Å². The van der Waals surface area contributed by atoms with Crippen molar-refractivity contribution in [2.75, 3.05) is 26.0 Å². The number of benzene rings is 1. The number of nitrogens with one attached hydrogen (secondary N) is 2. The minimum absolute atomic E-state index is 0.000392. The molecule has 1 aliphatic heterocycles. The molecule has 0 atom stereocenters. The molecular formula is C11H15N3O4S. The zero-order valence-corrected chi connectivity index (χ0v) is 11.5. The molecule has 19 heavy (non-hydrogen) atoms. The quantitative estimate of drug-likeness (QED) is 0.809. The highest BCUT2D eigenvalue weighted by Crippen LogP contribution is 2.28. The molecule has 1 amide bonds. The Morgan fingerprint density at radius 2 is 2.16 bits per heavy atom. The van der Waals surface area contributed by atoms with Crippen molar-refractivity contribution in [3.8, 4) is 5.75 Å². The topological polar surface area (TPSA) is 87.7 Å². The van der Waals surface area contributed by atoms with E-state index in [4.69, 9.17) is 4.74 Å². The molecule has 0 fully saturated rings. The second-order valence-corrected chi connectivity index (χ2v) is 6.25. The second kappa shape index (κ2) is 5.16. The molecule has 8 heteroatoms. The van der Waals surface area contributed by atoms with Crippen molar-refractivity contribution in [3.05, 3.63) is 23.8 Å². The zero-order chi connectivity index (χ0) is 14.0. The molecule has 0 aromatic heterocycles. The van der Waals surface area contributed by atoms with Gasteiger partial charge in [0.05, 0.1) is 5.69 Å². The van der Waals surface area contributed by atoms with E-state index in [-0.39, 0.29) is 19.1 Å². The van der Waals surface area contributed by atoms with Crippen LogP contribution in [0.2, 0.25) is 0 Å². The summed E-state index contributed by atoms with van der Waals surface area (Å²) in [5, 5.41) is 2.67. The number of ether oxygens (including phenoxy) is 1. The number of rotatable bonds is 4. The Kier molecular flexibility index (Phi) is 3.74. The van der Waals surface area contributed by atoms with Crippen molar-refractivity contribution in [2.45, 2.75) is 6.54 Å². The maximum Gasteiger partial charge on any atom is 0.279 e. The molecule has 1 heterocycles. The molecule has 1 aromatic rings. The lowest BCUT2D eigenvalue weighted by molar-refractivity contribution is -0.118. The molecule has 0 unspecified atom stereocenters. The first-order chi connectivity index (χ1) is 8.88. The van der Waals surface area contributed by atoms with Gasteiger partial charge in [-0.2, -0.15) is 17.4 Å². The van der Waals surface area contributed by atoms with Gasteiger partial charge in [-0.05, 0) is 17.7 Å². The lowest BCUT2D eigenvalue weighted by atomic mass is 10.1. The first-order valence-electron chi connectivity index (χ1n) is 5.61. The summed E-state index contributed by atoms with van der Waals surface area (Å²) in [4.78, 5) is 11.2. The van der Waals surface area contributed by atoms with Crippen LogP contribution in [0.1, 0.15) is 5.56 Å². The van der Waals surface area contributed by atoms with E-state index < -0.39 is 10.2 Å². The van der Waals surface area contributed by atoms with Crippen LogP contribution in [0.3, 0.4) is 0 Å². The Balaban J connectivity index is 2.11. The van der Waals surface area contributed by atoms with Gasteiger partial charge in [0, 0.05) is 20.6 Å². The van der Waals surface area contributed by atoms with Crippen LogP contribution in [-0.2, 0) is 21.5 Å². The Hall–Kier alpha value is -1.64. The van der Waals surface area contributed by atoms with E-state index in [9.17, 15) is 13.2 Å². The van der Waals surface area contributed by atoms with E-state index in [1.165, 1.54) is 14.1 Å². The lowest BCUT2D eigenvalue weighted by Crippen LogP contribution is -2.35. The van der Waals surface area contributed by atoms with Crippen LogP contribution < -0.4 is 14.8 Å². The van der Waals surface area contributed by atoms with Gasteiger partial charge < -0.3 is 10.1 Å². The number of amides is 1. The first-order valence-corrected chi connectivity index (χ1v) is 7.05. The van der Waals surface area contributed by atoms with Crippen LogP contribution in [0.25, 0.3) is 0 Å². The predicted octanol–water partition coefficient (Wildman–Crippen LogP) is -0.0865. The number of carbonyl (C=O) groups is 1. The number of carbonyl (C=O) groups excluding carboxylic acids is 1. The van der Waals surface area contributed by atoms with Crippen LogP contribution in [0.15, 0.2) is 18.2 Å². The molecule has 0 saturated carbocycles. The fourth-order valence-electron chi connectivity index (χ4n) is 1.54. The molecule has 2 N–H and O–H groups in total. The zero-order valence-electron chi connectivity index (χ0n) is 10.6. The van der Waals surface area contributed by atoms with E-state index in [1.807, 2.05) is 0 Å². The average Bonchev–Trinajstić information content (AvgIpc) is 2.35. The highest BCUT2D eigenvalue weighted by Gasteiger charge is 2.17. The maximum absolute atomic E-state index is 11.6. The molecule has 0 radical (unpaired) electrons. The first kappa shape index (κ1) is 13.8. The van der Waals surface area contributed by atoms with E-state index in [0.29, 0.717) is 11.4 Å². The Bertz CT molecular complexity index is 598. The van der Waals surface area contributed by atoms with Crippen LogP contribution in [0, 0.1) is 0 Å². The fraction of sp³-hybridized carbons (Fsp3) is 0.364. The highest BCUT2D eigenvalue weighted by atomic mass is 32.2. The number of nitrogens with zero attached hydrogens (tertiary/aromatic N) is 1. The van der Waals surface area contributed by atoms with Crippen LogP contribution >= 0.6 is 0 Å². The predicted molar refractivity (Wildman–Crippen MR) is 70.0 cm³/mol. The normalized spacial score (nSPS) is 14.8. The van der Waals surface area contributed by atoms with Crippen molar-refractivity contribution in [1.29, 1.82) is 0 Å². The fourth-order valence-corrected chi connectivity index (χ4v) is 2.15. The maximum atomic E-state index is 11.6. The van der Waals surface area contributed by atoms with E-state index in [2.05, 4.69) is 10.0 Å². The number of hydrogen-bond donors (Lipinski definition) is 2. The van der Waals surface area contributed by atoms with Gasteiger partial charge in [0.25, 0.3) is 16.1 Å². The van der Waals surface area contributed by atoms with Crippen LogP contribution in [0.4, 0.5) is 5.69 Å². The summed E-state index contributed by atoms with van der Waals surface area (Å²) < 4.78 is 31.9. The van der Waals surface area contributed by atoms with Gasteiger partial charge in [-0.1, -0.05) is 6.07 Å². The molecule has 0 spiro atoms. The smallest absolute Gasteiger partial charge is 0.279 e. The molecule has 104 valence electrons. The summed E-state index contributed by atoms with van der Waals surface area (Å²) in [5.74, 6) is 0.359. The summed E-state index contributed by atoms with van der Waals surface area (Å²) in [5.41, 5.74) is 1.28. The minimum atomic E-state index is -3.46. The second-order valence-electron chi connectivity index (χ2n) is 4.28. The summed E-state index contributed by atoms with van der Waals surface area (Å²) in [7, 11) is -0.568. The van der Waals surface area contributed by atoms with Gasteiger partial charge in [0.2, 0.25) is 0 Å². The van der Waals surface area contributed by atoms with Gasteiger partial charge >= 0.3 is 0 Å². The summed E-state index contributed by atoms with van der Waals surface area (Å²) in [6.07, 6.45) is 0. The SMILES string of the molecule is CN(C)S(=O)(=O)NCc1ccc2c(c1)NC(=O)CO2. The molecular weight excluding hydrogens is 270 g/mol. The third-order valence-corrected chi connectivity index (χ3v) is 4.09. The van der Waals surface area contributed by atoms with Gasteiger partial charge in [0.1, 0.15) is 5.75 Å². The molecule has 0 bridgehead atoms. The summed E-state index contributed by atoms with van der Waals surface area (Å²) in [6.45, 7) is 0.142. The largest absolute Gasteiger partial charge is 0.482 e. The summed E-state index contributed by atoms with van der Waals surface area (Å²) in [6, 6.07) is 5.13. The Labute approximate surface area is 111 Å². The average molecular weight is 285 g/mol. The third kappa shape index (κ3) is 3.22. The monoisotopic (exact) mass is 285 g/mol. The van der Waals surface area contributed by atoms with Crippen molar-refractivity contribution in [3.63, 3.8) is 0 Å². The lowest BCUT2D eigenvalue weighted by Gasteiger charge is -2.19. The Morgan fingerprint density at radius 1 is 1.42 bits per heavy atom. The molecule has 1 aliphatic rings.